The topological polar surface area (TPSA) is 17.1 Å². The molecule has 2 aliphatic carbocycles. The van der Waals surface area contributed by atoms with Gasteiger partial charge in [-0.05, 0) is 22.6 Å². The zero-order valence-corrected chi connectivity index (χ0v) is 8.68. The molecule has 0 saturated carbocycles. The minimum Gasteiger partial charge on any atom is -0.289 e. The summed E-state index contributed by atoms with van der Waals surface area (Å²) in [4.78, 5) is 11.9. The van der Waals surface area contributed by atoms with Crippen molar-refractivity contribution in [3.05, 3.63) is 70.9 Å². The van der Waals surface area contributed by atoms with Crippen molar-refractivity contribution in [2.24, 2.45) is 0 Å². The molecular weight excluding hydrogens is 196 g/mol. The van der Waals surface area contributed by atoms with Crippen LogP contribution in [0, 0.1) is 0 Å². The van der Waals surface area contributed by atoms with Gasteiger partial charge in [0.2, 0.25) is 0 Å². The molecule has 0 aliphatic heterocycles. The number of hydrogen-bond donors (Lipinski definition) is 0. The summed E-state index contributed by atoms with van der Waals surface area (Å²) in [7, 11) is 0. The van der Waals surface area contributed by atoms with Crippen LogP contribution in [0.2, 0.25) is 0 Å². The highest BCUT2D eigenvalue weighted by atomic mass is 16.1. The van der Waals surface area contributed by atoms with Gasteiger partial charge in [-0.25, -0.2) is 0 Å². The third kappa shape index (κ3) is 1.29. The van der Waals surface area contributed by atoms with Crippen molar-refractivity contribution < 1.29 is 0 Å². The predicted octanol–water partition coefficient (Wildman–Crippen LogP) is 3.30. The van der Waals surface area contributed by atoms with Crippen LogP contribution in [-0.2, 0) is 0 Å². The Kier molecular flexibility index (Phi) is 1.97. The largest absolute Gasteiger partial charge is 0.289 e. The first-order valence-corrected chi connectivity index (χ1v) is 5.27. The summed E-state index contributed by atoms with van der Waals surface area (Å²) in [5.74, 6) is 0. The SMILES string of the molecule is O=c1cc2cccccc-2c2ccccc12. The zero-order valence-electron chi connectivity index (χ0n) is 8.68. The van der Waals surface area contributed by atoms with E-state index in [1.807, 2.05) is 48.5 Å². The molecule has 0 spiro atoms. The summed E-state index contributed by atoms with van der Waals surface area (Å²) in [6.45, 7) is 0. The monoisotopic (exact) mass is 206 g/mol. The molecule has 0 amide bonds. The second-order valence-electron chi connectivity index (χ2n) is 3.83. The first kappa shape index (κ1) is 9.10. The number of hydrogen-bond acceptors (Lipinski definition) is 1. The lowest BCUT2D eigenvalue weighted by atomic mass is 9.98. The van der Waals surface area contributed by atoms with Crippen LogP contribution in [0.25, 0.3) is 21.9 Å². The van der Waals surface area contributed by atoms with E-state index in [1.54, 1.807) is 6.07 Å². The molecular formula is C15H10O. The zero-order chi connectivity index (χ0) is 11.0. The maximum absolute atomic E-state index is 11.9. The molecule has 16 heavy (non-hydrogen) atoms. The van der Waals surface area contributed by atoms with Gasteiger partial charge in [0, 0.05) is 5.39 Å². The Morgan fingerprint density at radius 3 is 2.25 bits per heavy atom. The Labute approximate surface area is 93.3 Å². The fourth-order valence-corrected chi connectivity index (χ4v) is 2.08. The van der Waals surface area contributed by atoms with Crippen molar-refractivity contribution in [1.29, 1.82) is 0 Å². The fraction of sp³-hybridized carbons (Fsp3) is 0. The number of benzene rings is 2. The maximum Gasteiger partial charge on any atom is 0.187 e. The molecule has 1 aromatic rings. The molecule has 0 bridgehead atoms. The standard InChI is InChI=1S/C15H10O/c16-15-10-11-6-2-1-3-7-12(11)13-8-4-5-9-14(13)15/h1-10H. The molecule has 0 radical (unpaired) electrons. The van der Waals surface area contributed by atoms with Crippen molar-refractivity contribution in [3.63, 3.8) is 0 Å². The van der Waals surface area contributed by atoms with Crippen molar-refractivity contribution in [1.82, 2.24) is 0 Å². The second-order valence-corrected chi connectivity index (χ2v) is 3.83. The summed E-state index contributed by atoms with van der Waals surface area (Å²) in [6.07, 6.45) is 0. The lowest BCUT2D eigenvalue weighted by Gasteiger charge is -2.05. The first-order chi connectivity index (χ1) is 7.86. The molecule has 0 heterocycles. The van der Waals surface area contributed by atoms with Gasteiger partial charge in [0.1, 0.15) is 0 Å². The molecule has 0 aromatic heterocycles. The van der Waals surface area contributed by atoms with Crippen LogP contribution in [0.3, 0.4) is 0 Å². The average Bonchev–Trinajstić information content (AvgIpc) is 2.55. The van der Waals surface area contributed by atoms with Gasteiger partial charge >= 0.3 is 0 Å². The highest BCUT2D eigenvalue weighted by Crippen LogP contribution is 2.26. The molecule has 0 N–H and O–H groups in total. The van der Waals surface area contributed by atoms with E-state index in [9.17, 15) is 4.79 Å². The molecule has 76 valence electrons. The Balaban J connectivity index is 2.62. The van der Waals surface area contributed by atoms with E-state index in [4.69, 9.17) is 0 Å². The van der Waals surface area contributed by atoms with Gasteiger partial charge in [0.25, 0.3) is 0 Å². The number of rotatable bonds is 0. The van der Waals surface area contributed by atoms with Crippen LogP contribution in [0.5, 0.6) is 0 Å². The smallest absolute Gasteiger partial charge is 0.187 e. The molecule has 0 saturated heterocycles. The Bertz CT molecular complexity index is 685. The van der Waals surface area contributed by atoms with Gasteiger partial charge in [0.15, 0.2) is 5.43 Å². The lowest BCUT2D eigenvalue weighted by Crippen LogP contribution is -2.00. The van der Waals surface area contributed by atoms with E-state index < -0.39 is 0 Å². The summed E-state index contributed by atoms with van der Waals surface area (Å²) < 4.78 is 0. The molecule has 1 nitrogen and oxygen atoms in total. The van der Waals surface area contributed by atoms with Crippen LogP contribution in [0.15, 0.2) is 65.5 Å². The van der Waals surface area contributed by atoms with E-state index in [0.717, 1.165) is 21.9 Å². The summed E-state index contributed by atoms with van der Waals surface area (Å²) >= 11 is 0. The molecule has 3 rings (SSSR count). The van der Waals surface area contributed by atoms with Gasteiger partial charge in [-0.3, -0.25) is 4.79 Å². The Morgan fingerprint density at radius 1 is 0.688 bits per heavy atom. The highest BCUT2D eigenvalue weighted by molar-refractivity contribution is 5.97. The summed E-state index contributed by atoms with van der Waals surface area (Å²) in [5.41, 5.74) is 2.21. The van der Waals surface area contributed by atoms with Crippen LogP contribution in [0.4, 0.5) is 0 Å². The van der Waals surface area contributed by atoms with Crippen LogP contribution in [-0.4, -0.2) is 0 Å². The van der Waals surface area contributed by atoms with E-state index in [1.165, 1.54) is 0 Å². The molecule has 0 fully saturated rings. The Morgan fingerprint density at radius 2 is 1.38 bits per heavy atom. The van der Waals surface area contributed by atoms with Gasteiger partial charge in [-0.1, -0.05) is 54.6 Å². The minimum absolute atomic E-state index is 0.0919. The molecule has 1 aromatic carbocycles. The van der Waals surface area contributed by atoms with Crippen LogP contribution >= 0.6 is 0 Å². The second kappa shape index (κ2) is 3.46. The highest BCUT2D eigenvalue weighted by Gasteiger charge is 2.06. The van der Waals surface area contributed by atoms with E-state index >= 15 is 0 Å². The van der Waals surface area contributed by atoms with Crippen molar-refractivity contribution >= 4 is 10.8 Å². The van der Waals surface area contributed by atoms with Crippen LogP contribution < -0.4 is 5.43 Å². The summed E-state index contributed by atoms with van der Waals surface area (Å²) in [5, 5.41) is 1.82. The van der Waals surface area contributed by atoms with Gasteiger partial charge in [-0.2, -0.15) is 0 Å². The summed E-state index contributed by atoms with van der Waals surface area (Å²) in [6, 6.07) is 19.4. The van der Waals surface area contributed by atoms with E-state index in [2.05, 4.69) is 6.07 Å². The fourth-order valence-electron chi connectivity index (χ4n) is 2.08. The van der Waals surface area contributed by atoms with Crippen LogP contribution in [0.1, 0.15) is 0 Å². The lowest BCUT2D eigenvalue weighted by molar-refractivity contribution is 1.63. The first-order valence-electron chi connectivity index (χ1n) is 5.27. The van der Waals surface area contributed by atoms with Crippen molar-refractivity contribution in [3.8, 4) is 11.1 Å². The third-order valence-electron chi connectivity index (χ3n) is 2.84. The molecule has 2 aliphatic rings. The average molecular weight is 206 g/mol. The quantitative estimate of drug-likeness (QED) is 0.551. The van der Waals surface area contributed by atoms with Gasteiger partial charge in [0.05, 0.1) is 0 Å². The normalized spacial score (nSPS) is 10.8. The number of fused-ring (bicyclic) bond motifs is 3. The predicted molar refractivity (Wildman–Crippen MR) is 66.8 cm³/mol. The maximum atomic E-state index is 11.9. The van der Waals surface area contributed by atoms with E-state index in [-0.39, 0.29) is 5.43 Å². The molecule has 0 atom stereocenters. The molecule has 0 unspecified atom stereocenters. The third-order valence-corrected chi connectivity index (χ3v) is 2.84. The Hall–Kier alpha value is -2.15. The minimum atomic E-state index is 0.0919. The van der Waals surface area contributed by atoms with Crippen molar-refractivity contribution in [2.45, 2.75) is 0 Å². The van der Waals surface area contributed by atoms with Gasteiger partial charge < -0.3 is 0 Å². The molecule has 1 heteroatoms. The van der Waals surface area contributed by atoms with Crippen molar-refractivity contribution in [2.75, 3.05) is 0 Å². The van der Waals surface area contributed by atoms with E-state index in [0.29, 0.717) is 0 Å². The van der Waals surface area contributed by atoms with Gasteiger partial charge in [-0.15, -0.1) is 0 Å².